The molecule has 96 valence electrons. The van der Waals surface area contributed by atoms with Crippen molar-refractivity contribution in [2.45, 2.75) is 25.1 Å². The fourth-order valence-electron chi connectivity index (χ4n) is 2.07. The maximum Gasteiger partial charge on any atom is 0.416 e. The summed E-state index contributed by atoms with van der Waals surface area (Å²) in [5.41, 5.74) is -0.437. The average molecular weight is 286 g/mol. The molecule has 0 saturated carbocycles. The Morgan fingerprint density at radius 2 is 2.00 bits per heavy atom. The molecule has 0 spiro atoms. The van der Waals surface area contributed by atoms with Gasteiger partial charge in [0.15, 0.2) is 0 Å². The first-order valence-electron chi connectivity index (χ1n) is 5.09. The summed E-state index contributed by atoms with van der Waals surface area (Å²) in [4.78, 5) is 0. The van der Waals surface area contributed by atoms with Gasteiger partial charge in [-0.2, -0.15) is 13.2 Å². The highest BCUT2D eigenvalue weighted by Gasteiger charge is 2.36. The standard InChI is InChI=1S/C11H11ClF3N.ClH/c12-8-4-1-3-7(11(13,14)15)10(8)9-5-2-6-16-9;/h1,3-4,9,16H,2,5-6H2;1H/t9-;/m0./s1. The van der Waals surface area contributed by atoms with Crippen LogP contribution in [0.2, 0.25) is 5.02 Å². The van der Waals surface area contributed by atoms with Crippen LogP contribution < -0.4 is 5.32 Å². The zero-order chi connectivity index (χ0) is 11.8. The van der Waals surface area contributed by atoms with Gasteiger partial charge in [-0.3, -0.25) is 0 Å². The molecule has 1 nitrogen and oxygen atoms in total. The molecule has 1 aromatic carbocycles. The lowest BCUT2D eigenvalue weighted by atomic mass is 9.98. The lowest BCUT2D eigenvalue weighted by molar-refractivity contribution is -0.138. The Morgan fingerprint density at radius 1 is 1.29 bits per heavy atom. The Kier molecular flexibility index (Phi) is 4.69. The van der Waals surface area contributed by atoms with Gasteiger partial charge in [0, 0.05) is 11.1 Å². The molecule has 0 bridgehead atoms. The Hall–Kier alpha value is -0.450. The van der Waals surface area contributed by atoms with Gasteiger partial charge in [0.1, 0.15) is 0 Å². The topological polar surface area (TPSA) is 12.0 Å². The lowest BCUT2D eigenvalue weighted by Gasteiger charge is -2.19. The van der Waals surface area contributed by atoms with E-state index in [9.17, 15) is 13.2 Å². The summed E-state index contributed by atoms with van der Waals surface area (Å²) in [7, 11) is 0. The summed E-state index contributed by atoms with van der Waals surface area (Å²) >= 11 is 5.88. The van der Waals surface area contributed by atoms with E-state index >= 15 is 0 Å². The fourth-order valence-corrected chi connectivity index (χ4v) is 2.38. The molecule has 1 saturated heterocycles. The molecule has 0 unspecified atom stereocenters. The SMILES string of the molecule is Cl.FC(F)(F)c1cccc(Cl)c1[C@@H]1CCCN1. The Balaban J connectivity index is 0.00000144. The Labute approximate surface area is 109 Å². The minimum Gasteiger partial charge on any atom is -0.310 e. The molecule has 0 aromatic heterocycles. The predicted octanol–water partition coefficient (Wildman–Crippen LogP) is 4.21. The van der Waals surface area contributed by atoms with Crippen molar-refractivity contribution >= 4 is 24.0 Å². The fraction of sp³-hybridized carbons (Fsp3) is 0.455. The monoisotopic (exact) mass is 285 g/mol. The smallest absolute Gasteiger partial charge is 0.310 e. The van der Waals surface area contributed by atoms with Crippen molar-refractivity contribution in [1.82, 2.24) is 5.32 Å². The highest BCUT2D eigenvalue weighted by Crippen LogP contribution is 2.40. The number of rotatable bonds is 1. The number of alkyl halides is 3. The molecule has 0 aliphatic carbocycles. The van der Waals surface area contributed by atoms with Crippen LogP contribution in [0.3, 0.4) is 0 Å². The van der Waals surface area contributed by atoms with E-state index in [4.69, 9.17) is 11.6 Å². The third-order valence-electron chi connectivity index (χ3n) is 2.77. The lowest BCUT2D eigenvalue weighted by Crippen LogP contribution is -2.19. The number of benzene rings is 1. The van der Waals surface area contributed by atoms with Crippen LogP contribution in [0.25, 0.3) is 0 Å². The quantitative estimate of drug-likeness (QED) is 0.815. The van der Waals surface area contributed by atoms with E-state index in [0.29, 0.717) is 6.42 Å². The van der Waals surface area contributed by atoms with Gasteiger partial charge in [0.05, 0.1) is 5.56 Å². The molecule has 1 heterocycles. The molecule has 0 amide bonds. The van der Waals surface area contributed by atoms with Crippen molar-refractivity contribution in [3.63, 3.8) is 0 Å². The molecule has 1 N–H and O–H groups in total. The summed E-state index contributed by atoms with van der Waals surface area (Å²) < 4.78 is 38.4. The van der Waals surface area contributed by atoms with E-state index in [1.807, 2.05) is 0 Å². The van der Waals surface area contributed by atoms with Crippen molar-refractivity contribution in [3.05, 3.63) is 34.3 Å². The zero-order valence-corrected chi connectivity index (χ0v) is 10.4. The number of hydrogen-bond donors (Lipinski definition) is 1. The second-order valence-corrected chi connectivity index (χ2v) is 4.25. The molecule has 1 atom stereocenters. The van der Waals surface area contributed by atoms with Crippen LogP contribution in [0, 0.1) is 0 Å². The Bertz CT molecular complexity index is 387. The van der Waals surface area contributed by atoms with E-state index in [1.54, 1.807) is 0 Å². The largest absolute Gasteiger partial charge is 0.416 e. The van der Waals surface area contributed by atoms with E-state index in [2.05, 4.69) is 5.32 Å². The second-order valence-electron chi connectivity index (χ2n) is 3.85. The zero-order valence-electron chi connectivity index (χ0n) is 8.85. The van der Waals surface area contributed by atoms with Gasteiger partial charge >= 0.3 is 6.18 Å². The van der Waals surface area contributed by atoms with Crippen molar-refractivity contribution in [3.8, 4) is 0 Å². The minimum atomic E-state index is -4.34. The normalized spacial score (nSPS) is 20.1. The molecule has 6 heteroatoms. The first kappa shape index (κ1) is 14.6. The molecular weight excluding hydrogens is 274 g/mol. The van der Waals surface area contributed by atoms with Gasteiger partial charge in [-0.1, -0.05) is 17.7 Å². The van der Waals surface area contributed by atoms with Crippen LogP contribution >= 0.6 is 24.0 Å². The van der Waals surface area contributed by atoms with Crippen molar-refractivity contribution < 1.29 is 13.2 Å². The number of halogens is 5. The first-order valence-corrected chi connectivity index (χ1v) is 5.47. The molecule has 1 aliphatic rings. The van der Waals surface area contributed by atoms with Crippen LogP contribution in [-0.2, 0) is 6.18 Å². The maximum atomic E-state index is 12.8. The minimum absolute atomic E-state index is 0. The average Bonchev–Trinajstić information content (AvgIpc) is 2.68. The van der Waals surface area contributed by atoms with Gasteiger partial charge in [-0.25, -0.2) is 0 Å². The highest BCUT2D eigenvalue weighted by atomic mass is 35.5. The van der Waals surface area contributed by atoms with Crippen LogP contribution in [0.1, 0.15) is 30.0 Å². The van der Waals surface area contributed by atoms with Crippen LogP contribution in [0.5, 0.6) is 0 Å². The molecule has 1 aliphatic heterocycles. The third kappa shape index (κ3) is 3.06. The van der Waals surface area contributed by atoms with Gasteiger partial charge in [0.25, 0.3) is 0 Å². The van der Waals surface area contributed by atoms with Crippen LogP contribution in [-0.4, -0.2) is 6.54 Å². The van der Waals surface area contributed by atoms with E-state index < -0.39 is 11.7 Å². The second kappa shape index (κ2) is 5.46. The summed E-state index contributed by atoms with van der Waals surface area (Å²) in [5, 5.41) is 3.23. The molecule has 1 fully saturated rings. The van der Waals surface area contributed by atoms with Crippen molar-refractivity contribution in [2.75, 3.05) is 6.54 Å². The number of hydrogen-bond acceptors (Lipinski definition) is 1. The summed E-state index contributed by atoms with van der Waals surface area (Å²) in [6.45, 7) is 0.743. The molecule has 0 radical (unpaired) electrons. The third-order valence-corrected chi connectivity index (χ3v) is 3.10. The van der Waals surface area contributed by atoms with E-state index in [0.717, 1.165) is 19.0 Å². The van der Waals surface area contributed by atoms with E-state index in [1.165, 1.54) is 12.1 Å². The maximum absolute atomic E-state index is 12.8. The molecular formula is C11H12Cl2F3N. The van der Waals surface area contributed by atoms with Gasteiger partial charge in [-0.15, -0.1) is 12.4 Å². The molecule has 17 heavy (non-hydrogen) atoms. The summed E-state index contributed by atoms with van der Waals surface area (Å²) in [6, 6.07) is 3.65. The Morgan fingerprint density at radius 3 is 2.53 bits per heavy atom. The van der Waals surface area contributed by atoms with Gasteiger partial charge < -0.3 is 5.32 Å². The summed E-state index contributed by atoms with van der Waals surface area (Å²) in [5.74, 6) is 0. The first-order chi connectivity index (χ1) is 7.50. The molecule has 1 aromatic rings. The summed E-state index contributed by atoms with van der Waals surface area (Å²) in [6.07, 6.45) is -2.76. The van der Waals surface area contributed by atoms with Crippen molar-refractivity contribution in [1.29, 1.82) is 0 Å². The van der Waals surface area contributed by atoms with E-state index in [-0.39, 0.29) is 29.0 Å². The van der Waals surface area contributed by atoms with Crippen LogP contribution in [0.15, 0.2) is 18.2 Å². The van der Waals surface area contributed by atoms with Crippen molar-refractivity contribution in [2.24, 2.45) is 0 Å². The van der Waals surface area contributed by atoms with Gasteiger partial charge in [-0.05, 0) is 37.1 Å². The number of nitrogens with one attached hydrogen (secondary N) is 1. The van der Waals surface area contributed by atoms with Crippen LogP contribution in [0.4, 0.5) is 13.2 Å². The highest BCUT2D eigenvalue weighted by molar-refractivity contribution is 6.31. The van der Waals surface area contributed by atoms with Gasteiger partial charge in [0.2, 0.25) is 0 Å². The predicted molar refractivity (Wildman–Crippen MR) is 63.7 cm³/mol. The molecule has 2 rings (SSSR count).